The fraction of sp³-hybridized carbons (Fsp3) is 0.160. The zero-order valence-electron chi connectivity index (χ0n) is 18.3. The lowest BCUT2D eigenvalue weighted by Crippen LogP contribution is -2.31. The number of nitrogens with zero attached hydrogens (tertiary/aromatic N) is 3. The van der Waals surface area contributed by atoms with E-state index in [0.29, 0.717) is 34.7 Å². The normalized spacial score (nSPS) is 10.6. The number of para-hydroxylation sites is 1. The molecule has 0 saturated carbocycles. The van der Waals surface area contributed by atoms with Crippen molar-refractivity contribution in [1.29, 1.82) is 0 Å². The zero-order chi connectivity index (χ0) is 23.0. The molecule has 8 heteroatoms. The van der Waals surface area contributed by atoms with Gasteiger partial charge in [-0.1, -0.05) is 60.3 Å². The van der Waals surface area contributed by atoms with Crippen LogP contribution in [0.25, 0.3) is 11.5 Å². The van der Waals surface area contributed by atoms with Crippen molar-refractivity contribution >= 4 is 23.4 Å². The van der Waals surface area contributed by atoms with Gasteiger partial charge in [0, 0.05) is 17.3 Å². The smallest absolute Gasteiger partial charge is 0.277 e. The van der Waals surface area contributed by atoms with E-state index in [1.165, 1.54) is 11.8 Å². The van der Waals surface area contributed by atoms with Gasteiger partial charge in [0.05, 0.1) is 26.5 Å². The first-order chi connectivity index (χ1) is 16.2. The van der Waals surface area contributed by atoms with E-state index in [1.807, 2.05) is 60.7 Å². The van der Waals surface area contributed by atoms with E-state index in [-0.39, 0.29) is 11.7 Å². The average molecular weight is 462 g/mol. The van der Waals surface area contributed by atoms with Crippen LogP contribution in [-0.4, -0.2) is 36.1 Å². The van der Waals surface area contributed by atoms with Crippen molar-refractivity contribution in [2.75, 3.05) is 24.9 Å². The summed E-state index contributed by atoms with van der Waals surface area (Å²) in [7, 11) is 3.15. The molecule has 0 aliphatic heterocycles. The van der Waals surface area contributed by atoms with Crippen LogP contribution in [0.2, 0.25) is 0 Å². The molecule has 0 aliphatic rings. The van der Waals surface area contributed by atoms with Crippen molar-refractivity contribution in [1.82, 2.24) is 10.2 Å². The molecule has 0 radical (unpaired) electrons. The fourth-order valence-corrected chi connectivity index (χ4v) is 3.85. The average Bonchev–Trinajstić information content (AvgIpc) is 3.36. The second kappa shape index (κ2) is 10.7. The van der Waals surface area contributed by atoms with E-state index in [9.17, 15) is 4.79 Å². The Morgan fingerprint density at radius 1 is 0.909 bits per heavy atom. The zero-order valence-corrected chi connectivity index (χ0v) is 19.1. The van der Waals surface area contributed by atoms with Crippen LogP contribution in [0.15, 0.2) is 88.5 Å². The van der Waals surface area contributed by atoms with Gasteiger partial charge in [-0.15, -0.1) is 10.2 Å². The van der Waals surface area contributed by atoms with Crippen molar-refractivity contribution in [2.45, 2.75) is 11.8 Å². The van der Waals surface area contributed by atoms with Crippen molar-refractivity contribution < 1.29 is 18.7 Å². The van der Waals surface area contributed by atoms with Crippen LogP contribution >= 0.6 is 11.8 Å². The Kier molecular flexibility index (Phi) is 7.26. The maximum Gasteiger partial charge on any atom is 0.277 e. The minimum Gasteiger partial charge on any atom is -0.497 e. The number of carbonyl (C=O) groups is 1. The summed E-state index contributed by atoms with van der Waals surface area (Å²) in [5.41, 5.74) is 2.56. The number of hydrogen-bond donors (Lipinski definition) is 0. The minimum atomic E-state index is -0.0575. The Labute approximate surface area is 196 Å². The molecular weight excluding hydrogens is 438 g/mol. The highest BCUT2D eigenvalue weighted by Gasteiger charge is 2.19. The first-order valence-corrected chi connectivity index (χ1v) is 11.2. The third-order valence-electron chi connectivity index (χ3n) is 4.88. The SMILES string of the molecule is COc1cc(OC)cc(-c2nnc(SCC(=O)N(Cc3ccccc3)c3ccccc3)o2)c1. The van der Waals surface area contributed by atoms with Gasteiger partial charge in [0.1, 0.15) is 11.5 Å². The lowest BCUT2D eigenvalue weighted by Gasteiger charge is -2.22. The van der Waals surface area contributed by atoms with Crippen LogP contribution in [0.3, 0.4) is 0 Å². The molecule has 33 heavy (non-hydrogen) atoms. The minimum absolute atomic E-state index is 0.0575. The molecule has 0 bridgehead atoms. The maximum absolute atomic E-state index is 13.1. The summed E-state index contributed by atoms with van der Waals surface area (Å²) in [5, 5.41) is 8.51. The van der Waals surface area contributed by atoms with Gasteiger partial charge in [-0.2, -0.15) is 0 Å². The number of benzene rings is 3. The molecular formula is C25H23N3O4S. The van der Waals surface area contributed by atoms with Crippen LogP contribution in [-0.2, 0) is 11.3 Å². The lowest BCUT2D eigenvalue weighted by atomic mass is 10.2. The van der Waals surface area contributed by atoms with Crippen LogP contribution in [0.1, 0.15) is 5.56 Å². The number of anilines is 1. The molecule has 168 valence electrons. The molecule has 7 nitrogen and oxygen atoms in total. The quantitative estimate of drug-likeness (QED) is 0.322. The van der Waals surface area contributed by atoms with Crippen LogP contribution in [0.4, 0.5) is 5.69 Å². The molecule has 0 unspecified atom stereocenters. The Balaban J connectivity index is 1.48. The van der Waals surface area contributed by atoms with Crippen molar-refractivity contribution in [3.63, 3.8) is 0 Å². The summed E-state index contributed by atoms with van der Waals surface area (Å²) < 4.78 is 16.4. The molecule has 0 N–H and O–H groups in total. The molecule has 0 atom stereocenters. The van der Waals surface area contributed by atoms with Crippen LogP contribution in [0.5, 0.6) is 11.5 Å². The summed E-state index contributed by atoms with van der Waals surface area (Å²) in [4.78, 5) is 14.9. The molecule has 3 aromatic carbocycles. The Morgan fingerprint density at radius 2 is 1.55 bits per heavy atom. The Bertz CT molecular complexity index is 1180. The van der Waals surface area contributed by atoms with E-state index in [4.69, 9.17) is 13.9 Å². The second-order valence-electron chi connectivity index (χ2n) is 7.06. The van der Waals surface area contributed by atoms with E-state index in [1.54, 1.807) is 37.3 Å². The van der Waals surface area contributed by atoms with Gasteiger partial charge in [-0.25, -0.2) is 0 Å². The highest BCUT2D eigenvalue weighted by atomic mass is 32.2. The second-order valence-corrected chi connectivity index (χ2v) is 7.99. The predicted octanol–water partition coefficient (Wildman–Crippen LogP) is 5.08. The molecule has 1 aromatic heterocycles. The third kappa shape index (κ3) is 5.72. The monoisotopic (exact) mass is 461 g/mol. The van der Waals surface area contributed by atoms with Crippen molar-refractivity contribution in [3.8, 4) is 23.0 Å². The first-order valence-electron chi connectivity index (χ1n) is 10.3. The standard InChI is InChI=1S/C25H23N3O4S/c1-30-21-13-19(14-22(15-21)31-2)24-26-27-25(32-24)33-17-23(29)28(20-11-7-4-8-12-20)16-18-9-5-3-6-10-18/h3-15H,16-17H2,1-2H3. The van der Waals surface area contributed by atoms with Gasteiger partial charge in [0.25, 0.3) is 5.22 Å². The van der Waals surface area contributed by atoms with Gasteiger partial charge in [-0.05, 0) is 29.8 Å². The maximum atomic E-state index is 13.1. The van der Waals surface area contributed by atoms with Crippen LogP contribution in [0, 0.1) is 0 Å². The van der Waals surface area contributed by atoms with Crippen molar-refractivity contribution in [3.05, 3.63) is 84.4 Å². The number of amides is 1. The highest BCUT2D eigenvalue weighted by Crippen LogP contribution is 2.30. The van der Waals surface area contributed by atoms with Crippen molar-refractivity contribution in [2.24, 2.45) is 0 Å². The van der Waals surface area contributed by atoms with Gasteiger partial charge in [-0.3, -0.25) is 4.79 Å². The van der Waals surface area contributed by atoms with E-state index in [2.05, 4.69) is 10.2 Å². The number of hydrogen-bond acceptors (Lipinski definition) is 7. The molecule has 4 aromatic rings. The molecule has 1 heterocycles. The van der Waals surface area contributed by atoms with Gasteiger partial charge in [0.15, 0.2) is 0 Å². The summed E-state index contributed by atoms with van der Waals surface area (Å²) >= 11 is 1.20. The van der Waals surface area contributed by atoms with E-state index < -0.39 is 0 Å². The third-order valence-corrected chi connectivity index (χ3v) is 5.68. The van der Waals surface area contributed by atoms with E-state index in [0.717, 1.165) is 11.3 Å². The first kappa shape index (κ1) is 22.4. The summed E-state index contributed by atoms with van der Waals surface area (Å²) in [6.07, 6.45) is 0. The van der Waals surface area contributed by atoms with E-state index >= 15 is 0 Å². The van der Waals surface area contributed by atoms with Gasteiger partial charge >= 0.3 is 0 Å². The number of methoxy groups -OCH3 is 2. The predicted molar refractivity (Wildman–Crippen MR) is 128 cm³/mol. The van der Waals surface area contributed by atoms with Gasteiger partial charge in [0.2, 0.25) is 11.8 Å². The molecule has 4 rings (SSSR count). The number of aromatic nitrogens is 2. The number of thioether (sulfide) groups is 1. The van der Waals surface area contributed by atoms with Crippen LogP contribution < -0.4 is 14.4 Å². The highest BCUT2D eigenvalue weighted by molar-refractivity contribution is 7.99. The number of carbonyl (C=O) groups excluding carboxylic acids is 1. The number of rotatable bonds is 9. The summed E-state index contributed by atoms with van der Waals surface area (Å²) in [5.74, 6) is 1.66. The topological polar surface area (TPSA) is 77.7 Å². The molecule has 0 fully saturated rings. The lowest BCUT2D eigenvalue weighted by molar-refractivity contribution is -0.116. The summed E-state index contributed by atoms with van der Waals surface area (Å²) in [6, 6.07) is 24.8. The largest absolute Gasteiger partial charge is 0.497 e. The van der Waals surface area contributed by atoms with Gasteiger partial charge < -0.3 is 18.8 Å². The Hall–Kier alpha value is -3.78. The molecule has 0 saturated heterocycles. The number of ether oxygens (including phenoxy) is 2. The molecule has 0 aliphatic carbocycles. The summed E-state index contributed by atoms with van der Waals surface area (Å²) in [6.45, 7) is 0.475. The molecule has 0 spiro atoms. The Morgan fingerprint density at radius 3 is 2.18 bits per heavy atom. The fourth-order valence-electron chi connectivity index (χ4n) is 3.21. The molecule has 1 amide bonds.